The van der Waals surface area contributed by atoms with Gasteiger partial charge in [-0.3, -0.25) is 0 Å². The van der Waals surface area contributed by atoms with E-state index in [1.54, 1.807) is 0 Å². The van der Waals surface area contributed by atoms with Gasteiger partial charge in [-0.15, -0.1) is 0 Å². The second-order valence-corrected chi connectivity index (χ2v) is 7.67. The van der Waals surface area contributed by atoms with E-state index >= 15 is 0 Å². The Morgan fingerprint density at radius 3 is 1.50 bits per heavy atom. The second kappa shape index (κ2) is 11.3. The number of hydrogen-bond acceptors (Lipinski definition) is 6. The molecule has 2 N–H and O–H groups in total. The summed E-state index contributed by atoms with van der Waals surface area (Å²) in [5, 5.41) is 20.0. The lowest BCUT2D eigenvalue weighted by Gasteiger charge is -2.38. The molecule has 0 aliphatic carbocycles. The molecule has 0 spiro atoms. The van der Waals surface area contributed by atoms with Crippen molar-refractivity contribution in [2.24, 2.45) is 0 Å². The van der Waals surface area contributed by atoms with E-state index in [4.69, 9.17) is 9.79 Å². The summed E-state index contributed by atoms with van der Waals surface area (Å²) in [4.78, 5) is 0. The highest BCUT2D eigenvalue weighted by Gasteiger charge is 2.23. The molecule has 0 atom stereocenters. The summed E-state index contributed by atoms with van der Waals surface area (Å²) >= 11 is 0. The van der Waals surface area contributed by atoms with Gasteiger partial charge < -0.3 is 4.52 Å². The maximum Gasteiger partial charge on any atom is 0.211 e. The van der Waals surface area contributed by atoms with Crippen LogP contribution in [0.1, 0.15) is 61.8 Å². The van der Waals surface area contributed by atoms with Gasteiger partial charge in [-0.2, -0.15) is 15.7 Å². The predicted molar refractivity (Wildman–Crippen MR) is 93.6 cm³/mol. The standard InChI is InChI=1S/C15H34N5OP/c1-12(2)19(13(3)4)17-22(21-11-9-10-16)18-20(14(5)6)15(7)8/h12-15,17-18H,9,11H2,1-8H3. The van der Waals surface area contributed by atoms with Gasteiger partial charge in [0, 0.05) is 24.2 Å². The number of rotatable bonds is 11. The maximum atomic E-state index is 8.71. The van der Waals surface area contributed by atoms with Crippen molar-refractivity contribution in [1.82, 2.24) is 20.4 Å². The molecule has 0 aliphatic heterocycles. The lowest BCUT2D eigenvalue weighted by Crippen LogP contribution is -2.51. The number of hydrazine groups is 2. The van der Waals surface area contributed by atoms with Gasteiger partial charge in [-0.1, -0.05) is 0 Å². The smallest absolute Gasteiger partial charge is 0.211 e. The first kappa shape index (κ1) is 21.7. The molecule has 0 heterocycles. The number of hydrogen-bond donors (Lipinski definition) is 2. The van der Waals surface area contributed by atoms with E-state index < -0.39 is 8.45 Å². The fourth-order valence-corrected chi connectivity index (χ4v) is 3.90. The monoisotopic (exact) mass is 331 g/mol. The Morgan fingerprint density at radius 2 is 1.23 bits per heavy atom. The van der Waals surface area contributed by atoms with Crippen LogP contribution in [-0.4, -0.2) is 40.8 Å². The number of nitrogens with one attached hydrogen (secondary N) is 2. The molecule has 0 fully saturated rings. The minimum Gasteiger partial charge on any atom is -0.329 e. The van der Waals surface area contributed by atoms with Crippen LogP contribution in [0.25, 0.3) is 0 Å². The normalized spacial score (nSPS) is 12.6. The summed E-state index contributed by atoms with van der Waals surface area (Å²) < 4.78 is 5.88. The maximum absolute atomic E-state index is 8.71. The molecule has 0 saturated heterocycles. The molecule has 0 aromatic heterocycles. The molecule has 130 valence electrons. The Labute approximate surface area is 138 Å². The van der Waals surface area contributed by atoms with Crippen LogP contribution < -0.4 is 10.4 Å². The Hall–Kier alpha value is -0.280. The van der Waals surface area contributed by atoms with Gasteiger partial charge in [-0.05, 0) is 55.4 Å². The average Bonchev–Trinajstić information content (AvgIpc) is 2.39. The van der Waals surface area contributed by atoms with Crippen molar-refractivity contribution in [2.45, 2.75) is 86.0 Å². The third-order valence-corrected chi connectivity index (χ3v) is 4.34. The molecule has 0 aliphatic rings. The van der Waals surface area contributed by atoms with E-state index in [1.165, 1.54) is 0 Å². The highest BCUT2D eigenvalue weighted by molar-refractivity contribution is 7.47. The van der Waals surface area contributed by atoms with E-state index in [0.717, 1.165) is 0 Å². The van der Waals surface area contributed by atoms with Crippen molar-refractivity contribution >= 4 is 8.45 Å². The first-order valence-electron chi connectivity index (χ1n) is 8.09. The van der Waals surface area contributed by atoms with Gasteiger partial charge in [0.1, 0.15) is 0 Å². The van der Waals surface area contributed by atoms with Crippen molar-refractivity contribution in [3.05, 3.63) is 0 Å². The molecule has 7 heteroatoms. The first-order valence-corrected chi connectivity index (χ1v) is 9.35. The Balaban J connectivity index is 4.90. The van der Waals surface area contributed by atoms with Gasteiger partial charge in [-0.25, -0.2) is 10.0 Å². The zero-order chi connectivity index (χ0) is 17.3. The molecule has 6 nitrogen and oxygen atoms in total. The Kier molecular flexibility index (Phi) is 11.1. The summed E-state index contributed by atoms with van der Waals surface area (Å²) in [6, 6.07) is 3.56. The Bertz CT molecular complexity index is 292. The highest BCUT2D eigenvalue weighted by Crippen LogP contribution is 2.30. The molecule has 0 aromatic carbocycles. The van der Waals surface area contributed by atoms with Crippen LogP contribution in [0.4, 0.5) is 0 Å². The molecule has 0 radical (unpaired) electrons. The Morgan fingerprint density at radius 1 is 0.864 bits per heavy atom. The molecular weight excluding hydrogens is 297 g/mol. The van der Waals surface area contributed by atoms with Crippen molar-refractivity contribution < 1.29 is 4.52 Å². The van der Waals surface area contributed by atoms with E-state index in [2.05, 4.69) is 81.9 Å². The van der Waals surface area contributed by atoms with Crippen molar-refractivity contribution in [3.8, 4) is 6.07 Å². The zero-order valence-electron chi connectivity index (χ0n) is 15.4. The van der Waals surface area contributed by atoms with Crippen LogP contribution in [0.2, 0.25) is 0 Å². The number of nitriles is 1. The van der Waals surface area contributed by atoms with Crippen LogP contribution in [-0.2, 0) is 4.52 Å². The van der Waals surface area contributed by atoms with Gasteiger partial charge in [0.2, 0.25) is 8.45 Å². The minimum atomic E-state index is -1.08. The summed E-state index contributed by atoms with van der Waals surface area (Å²) in [6.45, 7) is 17.6. The van der Waals surface area contributed by atoms with Crippen LogP contribution in [0.3, 0.4) is 0 Å². The first-order chi connectivity index (χ1) is 10.2. The fourth-order valence-electron chi connectivity index (χ4n) is 2.13. The van der Waals surface area contributed by atoms with Gasteiger partial charge in [0.05, 0.1) is 19.1 Å². The third-order valence-electron chi connectivity index (χ3n) is 3.07. The summed E-state index contributed by atoms with van der Waals surface area (Å²) in [5.41, 5.74) is 0. The van der Waals surface area contributed by atoms with E-state index in [9.17, 15) is 0 Å². The van der Waals surface area contributed by atoms with E-state index in [-0.39, 0.29) is 0 Å². The molecule has 0 amide bonds. The molecule has 0 saturated carbocycles. The van der Waals surface area contributed by atoms with Gasteiger partial charge in [0.25, 0.3) is 0 Å². The molecule has 22 heavy (non-hydrogen) atoms. The van der Waals surface area contributed by atoms with E-state index in [1.807, 2.05) is 0 Å². The summed E-state index contributed by atoms with van der Waals surface area (Å²) in [5.74, 6) is 0. The lowest BCUT2D eigenvalue weighted by molar-refractivity contribution is 0.113. The number of nitrogens with zero attached hydrogens (tertiary/aromatic N) is 3. The van der Waals surface area contributed by atoms with Crippen molar-refractivity contribution in [3.63, 3.8) is 0 Å². The van der Waals surface area contributed by atoms with Crippen molar-refractivity contribution in [1.29, 1.82) is 5.26 Å². The zero-order valence-corrected chi connectivity index (χ0v) is 16.3. The SMILES string of the molecule is CC(C)N(NP(NN(C(C)C)C(C)C)OCCC#N)C(C)C. The molecule has 0 bridgehead atoms. The van der Waals surface area contributed by atoms with Crippen LogP contribution in [0.5, 0.6) is 0 Å². The highest BCUT2D eigenvalue weighted by atomic mass is 31.2. The largest absolute Gasteiger partial charge is 0.329 e. The molecule has 0 rings (SSSR count). The topological polar surface area (TPSA) is 63.6 Å². The average molecular weight is 331 g/mol. The van der Waals surface area contributed by atoms with Gasteiger partial charge in [0.15, 0.2) is 0 Å². The molecular formula is C15H34N5OP. The minimum absolute atomic E-state index is 0.359. The third kappa shape index (κ3) is 8.38. The second-order valence-electron chi connectivity index (χ2n) is 6.43. The summed E-state index contributed by atoms with van der Waals surface area (Å²) in [6.07, 6.45) is 0.398. The van der Waals surface area contributed by atoms with Crippen LogP contribution in [0.15, 0.2) is 0 Å². The lowest BCUT2D eigenvalue weighted by atomic mass is 10.3. The predicted octanol–water partition coefficient (Wildman–Crippen LogP) is 3.39. The van der Waals surface area contributed by atoms with E-state index in [0.29, 0.717) is 37.2 Å². The summed E-state index contributed by atoms with van der Waals surface area (Å²) in [7, 11) is -1.08. The molecule has 0 unspecified atom stereocenters. The van der Waals surface area contributed by atoms with Crippen LogP contribution >= 0.6 is 8.45 Å². The fraction of sp³-hybridized carbons (Fsp3) is 0.933. The quantitative estimate of drug-likeness (QED) is 0.344. The van der Waals surface area contributed by atoms with Crippen molar-refractivity contribution in [2.75, 3.05) is 6.61 Å². The van der Waals surface area contributed by atoms with Gasteiger partial charge >= 0.3 is 0 Å². The molecule has 0 aromatic rings. The van der Waals surface area contributed by atoms with Crippen LogP contribution in [0, 0.1) is 11.3 Å².